The van der Waals surface area contributed by atoms with Gasteiger partial charge in [0.1, 0.15) is 5.82 Å². The Hall–Kier alpha value is -1.85. The van der Waals surface area contributed by atoms with Crippen LogP contribution in [0.3, 0.4) is 0 Å². The van der Waals surface area contributed by atoms with Crippen LogP contribution < -0.4 is 10.6 Å². The minimum atomic E-state index is 0.534. The average molecular weight is 260 g/mol. The van der Waals surface area contributed by atoms with E-state index in [9.17, 15) is 0 Å². The molecule has 3 rings (SSSR count). The van der Waals surface area contributed by atoms with E-state index in [2.05, 4.69) is 37.7 Å². The predicted molar refractivity (Wildman–Crippen MR) is 76.3 cm³/mol. The standard InChI is InChI=1S/C13H20N6/c1-2-7-14-13-17-11(16-9-5-3-4-6-9)10-8-15-19-12(10)18-13/h8-9H,2-7H2,1H3,(H3,14,15,16,17,18,19). The second-order valence-corrected chi connectivity index (χ2v) is 5.08. The molecule has 0 unspecified atom stereocenters. The molecule has 2 aromatic heterocycles. The first-order valence-electron chi connectivity index (χ1n) is 7.08. The SMILES string of the molecule is CCCNc1nc(NC2CCCC2)c2cn[nH]c2n1. The normalized spacial score (nSPS) is 16.1. The second kappa shape index (κ2) is 5.42. The number of rotatable bonds is 5. The molecule has 1 aliphatic rings. The number of nitrogens with zero attached hydrogens (tertiary/aromatic N) is 3. The van der Waals surface area contributed by atoms with E-state index in [1.165, 1.54) is 25.7 Å². The van der Waals surface area contributed by atoms with Crippen molar-refractivity contribution in [1.29, 1.82) is 0 Å². The minimum absolute atomic E-state index is 0.534. The molecule has 1 fully saturated rings. The Kier molecular flexibility index (Phi) is 3.48. The number of nitrogens with one attached hydrogen (secondary N) is 3. The molecule has 6 heteroatoms. The molecule has 2 heterocycles. The number of hydrogen-bond acceptors (Lipinski definition) is 5. The monoisotopic (exact) mass is 260 g/mol. The fourth-order valence-electron chi connectivity index (χ4n) is 2.52. The van der Waals surface area contributed by atoms with E-state index in [1.807, 2.05) is 0 Å². The second-order valence-electron chi connectivity index (χ2n) is 5.08. The minimum Gasteiger partial charge on any atom is -0.367 e. The molecule has 0 radical (unpaired) electrons. The van der Waals surface area contributed by atoms with Crippen LogP contribution in [0, 0.1) is 0 Å². The van der Waals surface area contributed by atoms with Gasteiger partial charge in [-0.05, 0) is 19.3 Å². The lowest BCUT2D eigenvalue weighted by molar-refractivity contribution is 0.751. The van der Waals surface area contributed by atoms with E-state index < -0.39 is 0 Å². The number of aromatic nitrogens is 4. The summed E-state index contributed by atoms with van der Waals surface area (Å²) in [6.07, 6.45) is 7.89. The third kappa shape index (κ3) is 2.62. The highest BCUT2D eigenvalue weighted by Crippen LogP contribution is 2.25. The quantitative estimate of drug-likeness (QED) is 0.770. The summed E-state index contributed by atoms with van der Waals surface area (Å²) in [4.78, 5) is 9.01. The van der Waals surface area contributed by atoms with Crippen LogP contribution in [0.2, 0.25) is 0 Å². The molecule has 1 aliphatic carbocycles. The van der Waals surface area contributed by atoms with Gasteiger partial charge in [0.05, 0.1) is 11.6 Å². The molecular formula is C13H20N6. The Labute approximate surface area is 112 Å². The van der Waals surface area contributed by atoms with Crippen molar-refractivity contribution in [3.05, 3.63) is 6.20 Å². The molecule has 0 amide bonds. The Morgan fingerprint density at radius 2 is 2.16 bits per heavy atom. The third-order valence-corrected chi connectivity index (χ3v) is 3.54. The van der Waals surface area contributed by atoms with E-state index in [0.29, 0.717) is 12.0 Å². The van der Waals surface area contributed by atoms with Gasteiger partial charge in [-0.2, -0.15) is 15.1 Å². The van der Waals surface area contributed by atoms with E-state index in [4.69, 9.17) is 0 Å². The predicted octanol–water partition coefficient (Wildman–Crippen LogP) is 2.53. The van der Waals surface area contributed by atoms with Crippen molar-refractivity contribution in [2.75, 3.05) is 17.2 Å². The molecule has 2 aromatic rings. The lowest BCUT2D eigenvalue weighted by atomic mass is 10.2. The number of H-pyrrole nitrogens is 1. The average Bonchev–Trinajstić information content (AvgIpc) is 3.06. The van der Waals surface area contributed by atoms with E-state index in [1.54, 1.807) is 6.20 Å². The molecule has 1 saturated carbocycles. The summed E-state index contributed by atoms with van der Waals surface area (Å²) in [5, 5.41) is 14.7. The maximum absolute atomic E-state index is 4.58. The molecule has 6 nitrogen and oxygen atoms in total. The molecule has 0 aromatic carbocycles. The van der Waals surface area contributed by atoms with Gasteiger partial charge in [-0.1, -0.05) is 19.8 Å². The first-order valence-corrected chi connectivity index (χ1v) is 7.08. The molecule has 3 N–H and O–H groups in total. The van der Waals surface area contributed by atoms with Crippen molar-refractivity contribution >= 4 is 22.8 Å². The largest absolute Gasteiger partial charge is 0.367 e. The maximum Gasteiger partial charge on any atom is 0.226 e. The molecular weight excluding hydrogens is 240 g/mol. The fraction of sp³-hybridized carbons (Fsp3) is 0.615. The zero-order valence-corrected chi connectivity index (χ0v) is 11.2. The van der Waals surface area contributed by atoms with Gasteiger partial charge >= 0.3 is 0 Å². The number of hydrogen-bond donors (Lipinski definition) is 3. The van der Waals surface area contributed by atoms with Gasteiger partial charge < -0.3 is 10.6 Å². The number of aromatic amines is 1. The van der Waals surface area contributed by atoms with Crippen LogP contribution >= 0.6 is 0 Å². The van der Waals surface area contributed by atoms with Crippen LogP contribution in [0.15, 0.2) is 6.20 Å². The van der Waals surface area contributed by atoms with Gasteiger partial charge in [-0.15, -0.1) is 0 Å². The van der Waals surface area contributed by atoms with Crippen LogP contribution in [0.25, 0.3) is 11.0 Å². The van der Waals surface area contributed by atoms with E-state index in [0.717, 1.165) is 29.8 Å². The van der Waals surface area contributed by atoms with E-state index >= 15 is 0 Å². The Morgan fingerprint density at radius 3 is 2.95 bits per heavy atom. The lowest BCUT2D eigenvalue weighted by Crippen LogP contribution is -2.16. The molecule has 0 spiro atoms. The molecule has 102 valence electrons. The highest BCUT2D eigenvalue weighted by Gasteiger charge is 2.17. The summed E-state index contributed by atoms with van der Waals surface area (Å²) >= 11 is 0. The first-order chi connectivity index (χ1) is 9.36. The number of fused-ring (bicyclic) bond motifs is 1. The van der Waals surface area contributed by atoms with Crippen LogP contribution in [0.1, 0.15) is 39.0 Å². The maximum atomic E-state index is 4.58. The molecule has 0 aliphatic heterocycles. The van der Waals surface area contributed by atoms with Crippen LogP contribution in [0.5, 0.6) is 0 Å². The van der Waals surface area contributed by atoms with Crippen LogP contribution in [-0.4, -0.2) is 32.8 Å². The molecule has 0 bridgehead atoms. The summed E-state index contributed by atoms with van der Waals surface area (Å²) in [7, 11) is 0. The first kappa shape index (κ1) is 12.2. The summed E-state index contributed by atoms with van der Waals surface area (Å²) in [6, 6.07) is 0.534. The Morgan fingerprint density at radius 1 is 1.32 bits per heavy atom. The Bertz CT molecular complexity index is 543. The fourth-order valence-corrected chi connectivity index (χ4v) is 2.52. The topological polar surface area (TPSA) is 78.5 Å². The third-order valence-electron chi connectivity index (χ3n) is 3.54. The van der Waals surface area contributed by atoms with Crippen molar-refractivity contribution in [3.8, 4) is 0 Å². The van der Waals surface area contributed by atoms with Gasteiger partial charge in [0.2, 0.25) is 5.95 Å². The zero-order valence-electron chi connectivity index (χ0n) is 11.2. The van der Waals surface area contributed by atoms with Crippen LogP contribution in [-0.2, 0) is 0 Å². The summed E-state index contributed by atoms with van der Waals surface area (Å²) in [5.41, 5.74) is 0.786. The van der Waals surface area contributed by atoms with Crippen molar-refractivity contribution in [2.45, 2.75) is 45.1 Å². The van der Waals surface area contributed by atoms with Crippen LogP contribution in [0.4, 0.5) is 11.8 Å². The van der Waals surface area contributed by atoms with Crippen molar-refractivity contribution in [1.82, 2.24) is 20.2 Å². The van der Waals surface area contributed by atoms with Gasteiger partial charge in [0.15, 0.2) is 5.65 Å². The highest BCUT2D eigenvalue weighted by atomic mass is 15.2. The molecule has 19 heavy (non-hydrogen) atoms. The lowest BCUT2D eigenvalue weighted by Gasteiger charge is -2.14. The van der Waals surface area contributed by atoms with Crippen molar-refractivity contribution in [3.63, 3.8) is 0 Å². The molecule has 0 saturated heterocycles. The summed E-state index contributed by atoms with van der Waals surface area (Å²) < 4.78 is 0. The highest BCUT2D eigenvalue weighted by molar-refractivity contribution is 5.87. The van der Waals surface area contributed by atoms with Crippen molar-refractivity contribution in [2.24, 2.45) is 0 Å². The van der Waals surface area contributed by atoms with Gasteiger partial charge in [-0.3, -0.25) is 5.10 Å². The van der Waals surface area contributed by atoms with E-state index in [-0.39, 0.29) is 0 Å². The van der Waals surface area contributed by atoms with Gasteiger partial charge in [0, 0.05) is 12.6 Å². The number of anilines is 2. The Balaban J connectivity index is 1.88. The van der Waals surface area contributed by atoms with Gasteiger partial charge in [-0.25, -0.2) is 0 Å². The zero-order chi connectivity index (χ0) is 13.1. The summed E-state index contributed by atoms with van der Waals surface area (Å²) in [6.45, 7) is 3.00. The molecule has 0 atom stereocenters. The van der Waals surface area contributed by atoms with Crippen molar-refractivity contribution < 1.29 is 0 Å². The smallest absolute Gasteiger partial charge is 0.226 e. The summed E-state index contributed by atoms with van der Waals surface area (Å²) in [5.74, 6) is 1.56. The van der Waals surface area contributed by atoms with Gasteiger partial charge in [0.25, 0.3) is 0 Å².